The Balaban J connectivity index is 3.73. The van der Waals surface area contributed by atoms with E-state index in [4.69, 9.17) is 4.74 Å². The minimum atomic E-state index is 0.454. The van der Waals surface area contributed by atoms with Crippen molar-refractivity contribution in [1.29, 1.82) is 0 Å². The zero-order valence-electron chi connectivity index (χ0n) is 12.0. The Kier molecular flexibility index (Phi) is 9.92. The number of guanidine groups is 1. The highest BCUT2D eigenvalue weighted by molar-refractivity contribution is 5.79. The summed E-state index contributed by atoms with van der Waals surface area (Å²) in [5.74, 6) is 1.62. The van der Waals surface area contributed by atoms with Crippen LogP contribution in [0.3, 0.4) is 0 Å². The molecule has 4 heteroatoms. The molecular weight excluding hydrogens is 214 g/mol. The first-order valence-corrected chi connectivity index (χ1v) is 6.65. The molecule has 0 aromatic heterocycles. The normalized spacial score (nSPS) is 13.9. The molecule has 0 aliphatic rings. The molecule has 0 saturated heterocycles. The van der Waals surface area contributed by atoms with E-state index in [1.54, 1.807) is 7.05 Å². The lowest BCUT2D eigenvalue weighted by molar-refractivity contribution is 0.152. The van der Waals surface area contributed by atoms with E-state index in [-0.39, 0.29) is 0 Å². The third kappa shape index (κ3) is 10.1. The van der Waals surface area contributed by atoms with E-state index in [0.29, 0.717) is 6.04 Å². The zero-order valence-corrected chi connectivity index (χ0v) is 12.0. The van der Waals surface area contributed by atoms with E-state index in [9.17, 15) is 0 Å². The lowest BCUT2D eigenvalue weighted by atomic mass is 10.0. The van der Waals surface area contributed by atoms with E-state index in [1.165, 1.54) is 12.8 Å². The molecule has 0 aliphatic carbocycles. The lowest BCUT2D eigenvalue weighted by Crippen LogP contribution is -2.43. The van der Waals surface area contributed by atoms with Crippen molar-refractivity contribution in [3.05, 3.63) is 0 Å². The maximum absolute atomic E-state index is 5.27. The maximum Gasteiger partial charge on any atom is 0.191 e. The van der Waals surface area contributed by atoms with Crippen LogP contribution in [0.15, 0.2) is 4.99 Å². The van der Waals surface area contributed by atoms with E-state index in [1.807, 2.05) is 6.92 Å². The van der Waals surface area contributed by atoms with Gasteiger partial charge in [0.25, 0.3) is 0 Å². The Bertz CT molecular complexity index is 205. The number of aliphatic imine (C=N–C) groups is 1. The van der Waals surface area contributed by atoms with Crippen molar-refractivity contribution in [1.82, 2.24) is 10.6 Å². The number of hydrogen-bond acceptors (Lipinski definition) is 2. The van der Waals surface area contributed by atoms with Crippen molar-refractivity contribution in [2.24, 2.45) is 10.9 Å². The van der Waals surface area contributed by atoms with E-state index in [0.717, 1.165) is 31.6 Å². The van der Waals surface area contributed by atoms with Gasteiger partial charge in [-0.05, 0) is 32.6 Å². The highest BCUT2D eigenvalue weighted by Crippen LogP contribution is 2.05. The molecule has 17 heavy (non-hydrogen) atoms. The second-order valence-corrected chi connectivity index (χ2v) is 4.71. The average molecular weight is 243 g/mol. The number of nitrogens with one attached hydrogen (secondary N) is 2. The Labute approximate surface area is 106 Å². The summed E-state index contributed by atoms with van der Waals surface area (Å²) in [6.45, 7) is 11.0. The molecule has 102 valence electrons. The summed E-state index contributed by atoms with van der Waals surface area (Å²) in [6, 6.07) is 0.454. The molecule has 0 fully saturated rings. The van der Waals surface area contributed by atoms with Gasteiger partial charge >= 0.3 is 0 Å². The second-order valence-electron chi connectivity index (χ2n) is 4.71. The number of nitrogens with zero attached hydrogens (tertiary/aromatic N) is 1. The molecule has 0 rings (SSSR count). The van der Waals surface area contributed by atoms with Gasteiger partial charge in [0.15, 0.2) is 5.96 Å². The molecule has 0 amide bonds. The molecule has 1 atom stereocenters. The predicted octanol–water partition coefficient (Wildman–Crippen LogP) is 2.01. The summed E-state index contributed by atoms with van der Waals surface area (Å²) in [4.78, 5) is 4.19. The van der Waals surface area contributed by atoms with Crippen molar-refractivity contribution >= 4 is 5.96 Å². The molecule has 0 aliphatic heterocycles. The second kappa shape index (κ2) is 10.4. The van der Waals surface area contributed by atoms with Crippen LogP contribution in [-0.4, -0.2) is 38.8 Å². The molecule has 0 bridgehead atoms. The van der Waals surface area contributed by atoms with Gasteiger partial charge in [0.1, 0.15) is 0 Å². The van der Waals surface area contributed by atoms with Crippen molar-refractivity contribution in [2.45, 2.75) is 46.6 Å². The fourth-order valence-electron chi connectivity index (χ4n) is 1.47. The SMILES string of the molecule is CCOCCNC(=NC)NC(C)CCC(C)C. The Morgan fingerprint density at radius 3 is 2.47 bits per heavy atom. The molecule has 0 saturated carbocycles. The van der Waals surface area contributed by atoms with Crippen molar-refractivity contribution < 1.29 is 4.74 Å². The summed E-state index contributed by atoms with van der Waals surface area (Å²) >= 11 is 0. The lowest BCUT2D eigenvalue weighted by Gasteiger charge is -2.18. The van der Waals surface area contributed by atoms with Crippen LogP contribution in [0.2, 0.25) is 0 Å². The largest absolute Gasteiger partial charge is 0.380 e. The van der Waals surface area contributed by atoms with Gasteiger partial charge < -0.3 is 15.4 Å². The minimum absolute atomic E-state index is 0.454. The van der Waals surface area contributed by atoms with Crippen LogP contribution < -0.4 is 10.6 Å². The number of ether oxygens (including phenoxy) is 1. The van der Waals surface area contributed by atoms with Crippen molar-refractivity contribution in [3.8, 4) is 0 Å². The number of rotatable bonds is 8. The molecule has 0 heterocycles. The van der Waals surface area contributed by atoms with Gasteiger partial charge in [-0.3, -0.25) is 4.99 Å². The third-order valence-electron chi connectivity index (χ3n) is 2.53. The third-order valence-corrected chi connectivity index (χ3v) is 2.53. The van der Waals surface area contributed by atoms with E-state index < -0.39 is 0 Å². The average Bonchev–Trinajstić information content (AvgIpc) is 2.30. The Morgan fingerprint density at radius 1 is 1.24 bits per heavy atom. The molecule has 1 unspecified atom stereocenters. The van der Waals surface area contributed by atoms with Gasteiger partial charge in [0, 0.05) is 26.2 Å². The maximum atomic E-state index is 5.27. The fourth-order valence-corrected chi connectivity index (χ4v) is 1.47. The monoisotopic (exact) mass is 243 g/mol. The quantitative estimate of drug-likeness (QED) is 0.389. The van der Waals surface area contributed by atoms with E-state index >= 15 is 0 Å². The van der Waals surface area contributed by atoms with Crippen LogP contribution in [0, 0.1) is 5.92 Å². The molecule has 4 nitrogen and oxygen atoms in total. The minimum Gasteiger partial charge on any atom is -0.380 e. The first-order valence-electron chi connectivity index (χ1n) is 6.65. The van der Waals surface area contributed by atoms with Gasteiger partial charge in [-0.2, -0.15) is 0 Å². The van der Waals surface area contributed by atoms with Crippen molar-refractivity contribution in [3.63, 3.8) is 0 Å². The predicted molar refractivity (Wildman–Crippen MR) is 74.5 cm³/mol. The highest BCUT2D eigenvalue weighted by atomic mass is 16.5. The molecule has 0 aromatic rings. The van der Waals surface area contributed by atoms with Crippen LogP contribution in [-0.2, 0) is 4.74 Å². The topological polar surface area (TPSA) is 45.6 Å². The highest BCUT2D eigenvalue weighted by Gasteiger charge is 2.05. The fraction of sp³-hybridized carbons (Fsp3) is 0.923. The summed E-state index contributed by atoms with van der Waals surface area (Å²) in [6.07, 6.45) is 2.41. The smallest absolute Gasteiger partial charge is 0.191 e. The number of hydrogen-bond donors (Lipinski definition) is 2. The van der Waals surface area contributed by atoms with Crippen LogP contribution >= 0.6 is 0 Å². The first kappa shape index (κ1) is 16.2. The van der Waals surface area contributed by atoms with Gasteiger partial charge in [-0.1, -0.05) is 13.8 Å². The van der Waals surface area contributed by atoms with Crippen LogP contribution in [0.25, 0.3) is 0 Å². The van der Waals surface area contributed by atoms with Gasteiger partial charge in [0.2, 0.25) is 0 Å². The zero-order chi connectivity index (χ0) is 13.1. The van der Waals surface area contributed by atoms with Crippen molar-refractivity contribution in [2.75, 3.05) is 26.8 Å². The van der Waals surface area contributed by atoms with Gasteiger partial charge in [-0.15, -0.1) is 0 Å². The molecular formula is C13H29N3O. The summed E-state index contributed by atoms with van der Waals surface area (Å²) in [5, 5.41) is 6.62. The Morgan fingerprint density at radius 2 is 1.94 bits per heavy atom. The molecule has 0 aromatic carbocycles. The van der Waals surface area contributed by atoms with Gasteiger partial charge in [-0.25, -0.2) is 0 Å². The van der Waals surface area contributed by atoms with Crippen LogP contribution in [0.1, 0.15) is 40.5 Å². The molecule has 2 N–H and O–H groups in total. The molecule has 0 radical (unpaired) electrons. The summed E-state index contributed by atoms with van der Waals surface area (Å²) < 4.78 is 5.27. The summed E-state index contributed by atoms with van der Waals surface area (Å²) in [7, 11) is 1.80. The Hall–Kier alpha value is -0.770. The first-order chi connectivity index (χ1) is 8.10. The van der Waals surface area contributed by atoms with Gasteiger partial charge in [0.05, 0.1) is 6.61 Å². The van der Waals surface area contributed by atoms with Crippen LogP contribution in [0.4, 0.5) is 0 Å². The standard InChI is InChI=1S/C13H29N3O/c1-6-17-10-9-15-13(14-5)16-12(4)8-7-11(2)3/h11-12H,6-10H2,1-5H3,(H2,14,15,16). The summed E-state index contributed by atoms with van der Waals surface area (Å²) in [5.41, 5.74) is 0. The molecule has 0 spiro atoms. The van der Waals surface area contributed by atoms with E-state index in [2.05, 4.69) is 36.4 Å². The van der Waals surface area contributed by atoms with Crippen LogP contribution in [0.5, 0.6) is 0 Å².